The Hall–Kier alpha value is -7.02. The van der Waals surface area contributed by atoms with Crippen molar-refractivity contribution in [1.82, 2.24) is 19.5 Å². The smallest absolute Gasteiger partial charge is 0.121 e. The number of fused-ring (bicyclic) bond motifs is 4. The first-order valence-electron chi connectivity index (χ1n) is 24.0. The molecule has 11 aromatic rings. The molecule has 1 radical (unpaired) electrons. The van der Waals surface area contributed by atoms with Gasteiger partial charge in [0.05, 0.1) is 36.7 Å². The van der Waals surface area contributed by atoms with Gasteiger partial charge in [-0.05, 0) is 97.9 Å². The van der Waals surface area contributed by atoms with Crippen LogP contribution in [0.25, 0.3) is 94.7 Å². The molecule has 7 heteroatoms. The van der Waals surface area contributed by atoms with Gasteiger partial charge in [0, 0.05) is 43.6 Å². The zero-order valence-electron chi connectivity index (χ0n) is 41.0. The summed E-state index contributed by atoms with van der Waals surface area (Å²) in [5.74, 6) is 1.30. The zero-order valence-corrected chi connectivity index (χ0v) is 44.4. The van der Waals surface area contributed by atoms with Crippen molar-refractivity contribution in [2.24, 2.45) is 0 Å². The summed E-state index contributed by atoms with van der Waals surface area (Å²) in [6.07, 6.45) is 5.86. The predicted octanol–water partition coefficient (Wildman–Crippen LogP) is 16.4. The van der Waals surface area contributed by atoms with E-state index in [-0.39, 0.29) is 31.9 Å². The predicted molar refractivity (Wildman–Crippen MR) is 291 cm³/mol. The van der Waals surface area contributed by atoms with E-state index in [1.807, 2.05) is 55.0 Å². The quantitative estimate of drug-likeness (QED) is 0.107. The van der Waals surface area contributed by atoms with E-state index in [1.54, 1.807) is 0 Å². The first kappa shape index (κ1) is 48.0. The van der Waals surface area contributed by atoms with Crippen LogP contribution in [0, 0.1) is 19.1 Å². The Morgan fingerprint density at radius 2 is 1.19 bits per heavy atom. The Kier molecular flexibility index (Phi) is 13.8. The molecule has 0 aliphatic carbocycles. The van der Waals surface area contributed by atoms with Crippen molar-refractivity contribution >= 4 is 46.2 Å². The number of furan rings is 1. The standard InChI is InChI=1S/C49H40N3O.C14H16NSi.Ir/c1-30(2)42-25-38(34-15-10-7-11-16-34)26-43(31(3)4)47(42)52-44-29-50-28-32(5)46(44)51-49(52)41-18-12-17-40-39-24-23-37(27-45(39)53-48(40)41)36-21-19-35(20-22-36)33-13-8-6-9-14-33;1-16(2,3)13-9-10-14(15-11-13)12-7-5-4-6-8-12;/h6-17,19-31H,1-5H3;4-7,9-11H,1-3H3;/q2*-1;. The van der Waals surface area contributed by atoms with Gasteiger partial charge in [0.2, 0.25) is 0 Å². The van der Waals surface area contributed by atoms with Crippen LogP contribution in [0.4, 0.5) is 0 Å². The average Bonchev–Trinajstić information content (AvgIpc) is 3.96. The molecule has 4 aromatic heterocycles. The fraction of sp³-hybridized carbons (Fsp3) is 0.159. The summed E-state index contributed by atoms with van der Waals surface area (Å²) in [5, 5.41) is 3.51. The molecule has 0 saturated heterocycles. The van der Waals surface area contributed by atoms with Crippen molar-refractivity contribution in [2.45, 2.75) is 66.1 Å². The molecular formula is C63H56IrN4OSi-2. The number of benzene rings is 7. The van der Waals surface area contributed by atoms with E-state index < -0.39 is 8.07 Å². The minimum absolute atomic E-state index is 0. The third-order valence-corrected chi connectivity index (χ3v) is 15.1. The van der Waals surface area contributed by atoms with Gasteiger partial charge < -0.3 is 14.0 Å². The minimum atomic E-state index is -1.23. The molecule has 5 nitrogen and oxygen atoms in total. The van der Waals surface area contributed by atoms with Crippen LogP contribution in [0.5, 0.6) is 0 Å². The zero-order chi connectivity index (χ0) is 47.8. The van der Waals surface area contributed by atoms with Crippen LogP contribution in [-0.4, -0.2) is 27.6 Å². The number of hydrogen-bond donors (Lipinski definition) is 0. The monoisotopic (exact) mass is 1110 g/mol. The maximum absolute atomic E-state index is 6.84. The van der Waals surface area contributed by atoms with Crippen LogP contribution in [0.15, 0.2) is 187 Å². The molecule has 0 spiro atoms. The van der Waals surface area contributed by atoms with Crippen molar-refractivity contribution in [3.63, 3.8) is 0 Å². The summed E-state index contributed by atoms with van der Waals surface area (Å²) >= 11 is 0. The summed E-state index contributed by atoms with van der Waals surface area (Å²) in [7, 11) is -1.23. The molecule has 0 fully saturated rings. The first-order chi connectivity index (χ1) is 33.4. The molecule has 0 atom stereocenters. The number of imidazole rings is 1. The molecule has 0 saturated carbocycles. The fourth-order valence-electron chi connectivity index (χ4n) is 9.26. The Bertz CT molecular complexity index is 3550. The van der Waals surface area contributed by atoms with Crippen LogP contribution >= 0.6 is 0 Å². The van der Waals surface area contributed by atoms with Crippen LogP contribution in [0.3, 0.4) is 0 Å². The number of aromatic nitrogens is 4. The van der Waals surface area contributed by atoms with E-state index in [1.165, 1.54) is 38.6 Å². The Morgan fingerprint density at radius 3 is 1.79 bits per heavy atom. The van der Waals surface area contributed by atoms with Crippen molar-refractivity contribution in [1.29, 1.82) is 0 Å². The van der Waals surface area contributed by atoms with Crippen LogP contribution < -0.4 is 5.19 Å². The van der Waals surface area contributed by atoms with Gasteiger partial charge in [0.15, 0.2) is 0 Å². The maximum Gasteiger partial charge on any atom is 0.121 e. The second-order valence-electron chi connectivity index (χ2n) is 19.6. The van der Waals surface area contributed by atoms with Crippen LogP contribution in [-0.2, 0) is 20.1 Å². The Balaban J connectivity index is 0.000000304. The van der Waals surface area contributed by atoms with Gasteiger partial charge >= 0.3 is 0 Å². The third kappa shape index (κ3) is 9.50. The summed E-state index contributed by atoms with van der Waals surface area (Å²) < 4.78 is 9.17. The van der Waals surface area contributed by atoms with Gasteiger partial charge in [-0.3, -0.25) is 9.97 Å². The van der Waals surface area contributed by atoms with Gasteiger partial charge in [-0.2, -0.15) is 0 Å². The normalized spacial score (nSPS) is 11.6. The number of pyridine rings is 2. The fourth-order valence-corrected chi connectivity index (χ4v) is 10.3. The first-order valence-corrected chi connectivity index (χ1v) is 27.5. The number of nitrogens with zero attached hydrogens (tertiary/aromatic N) is 4. The number of hydrogen-bond acceptors (Lipinski definition) is 4. The van der Waals surface area contributed by atoms with Gasteiger partial charge in [-0.15, -0.1) is 54.1 Å². The number of aryl methyl sites for hydroxylation is 1. The summed E-state index contributed by atoms with van der Waals surface area (Å²) in [6, 6.07) is 64.3. The third-order valence-electron chi connectivity index (χ3n) is 13.1. The summed E-state index contributed by atoms with van der Waals surface area (Å²) in [4.78, 5) is 14.6. The van der Waals surface area contributed by atoms with Crippen molar-refractivity contribution in [3.05, 3.63) is 211 Å². The Morgan fingerprint density at radius 1 is 0.571 bits per heavy atom. The molecule has 0 bridgehead atoms. The molecule has 0 unspecified atom stereocenters. The molecule has 0 amide bonds. The van der Waals surface area contributed by atoms with Gasteiger partial charge in [0.1, 0.15) is 5.58 Å². The van der Waals surface area contributed by atoms with Crippen molar-refractivity contribution in [3.8, 4) is 61.7 Å². The van der Waals surface area contributed by atoms with E-state index >= 15 is 0 Å². The molecule has 70 heavy (non-hydrogen) atoms. The van der Waals surface area contributed by atoms with E-state index in [0.717, 1.165) is 78.0 Å². The van der Waals surface area contributed by atoms with E-state index in [4.69, 9.17) is 9.40 Å². The summed E-state index contributed by atoms with van der Waals surface area (Å²) in [5.41, 5.74) is 18.2. The van der Waals surface area contributed by atoms with Gasteiger partial charge in [0.25, 0.3) is 0 Å². The van der Waals surface area contributed by atoms with Crippen LogP contribution in [0.2, 0.25) is 19.6 Å². The molecule has 4 heterocycles. The van der Waals surface area contributed by atoms with Crippen LogP contribution in [0.1, 0.15) is 56.2 Å². The molecule has 7 aromatic carbocycles. The largest absolute Gasteiger partial charge is 0.501 e. The summed E-state index contributed by atoms with van der Waals surface area (Å²) in [6.45, 7) is 18.2. The van der Waals surface area contributed by atoms with E-state index in [9.17, 15) is 0 Å². The molecule has 11 rings (SSSR count). The molecule has 349 valence electrons. The van der Waals surface area contributed by atoms with Crippen molar-refractivity contribution in [2.75, 3.05) is 0 Å². The molecule has 0 N–H and O–H groups in total. The second-order valence-corrected chi connectivity index (χ2v) is 24.7. The van der Waals surface area contributed by atoms with E-state index in [2.05, 4.69) is 208 Å². The minimum Gasteiger partial charge on any atom is -0.501 e. The van der Waals surface area contributed by atoms with Crippen molar-refractivity contribution < 1.29 is 24.5 Å². The van der Waals surface area contributed by atoms with E-state index in [0.29, 0.717) is 0 Å². The topological polar surface area (TPSA) is 56.7 Å². The average molecular weight is 1110 g/mol. The van der Waals surface area contributed by atoms with Gasteiger partial charge in [-0.25, -0.2) is 0 Å². The Labute approximate surface area is 426 Å². The number of rotatable bonds is 9. The molecule has 0 aliphatic heterocycles. The molecule has 0 aliphatic rings. The second kappa shape index (κ2) is 20.1. The van der Waals surface area contributed by atoms with Gasteiger partial charge in [-0.1, -0.05) is 167 Å². The SMILES string of the molecule is C[Si](C)(C)c1ccc(-c2[c-]cccc2)nc1.Cc1cncc2c1nc(-c1[c-]ccc3c1oc1cc(-c4ccc(-c5ccccc5)cc4)ccc13)n2-c1c(C(C)C)cc(-c2ccccc2)cc1C(C)C.[Ir]. The maximum atomic E-state index is 6.84. The molecular weight excluding hydrogens is 1050 g/mol.